The minimum atomic E-state index is 0.577. The van der Waals surface area contributed by atoms with E-state index in [0.29, 0.717) is 10.0 Å². The number of thioether (sulfide) groups is 1. The summed E-state index contributed by atoms with van der Waals surface area (Å²) in [5.41, 5.74) is 3.08. The van der Waals surface area contributed by atoms with Gasteiger partial charge < -0.3 is 0 Å². The SMILES string of the molecule is Cc1cc(C)nc(SCc2ccc(Cl)c(Cl)c2)n1. The fourth-order valence-corrected chi connectivity index (χ4v) is 2.75. The van der Waals surface area contributed by atoms with Crippen LogP contribution in [0.5, 0.6) is 0 Å². The highest BCUT2D eigenvalue weighted by Gasteiger charge is 2.03. The molecule has 0 saturated carbocycles. The number of hydrogen-bond donors (Lipinski definition) is 0. The van der Waals surface area contributed by atoms with Crippen molar-refractivity contribution in [1.82, 2.24) is 9.97 Å². The first-order valence-corrected chi connectivity index (χ1v) is 7.18. The summed E-state index contributed by atoms with van der Waals surface area (Å²) in [6.45, 7) is 3.94. The van der Waals surface area contributed by atoms with Gasteiger partial charge in [0.1, 0.15) is 0 Å². The van der Waals surface area contributed by atoms with Crippen LogP contribution in [0.25, 0.3) is 0 Å². The van der Waals surface area contributed by atoms with Crippen molar-refractivity contribution in [2.75, 3.05) is 0 Å². The Kier molecular flexibility index (Phi) is 4.49. The van der Waals surface area contributed by atoms with Gasteiger partial charge in [0.25, 0.3) is 0 Å². The van der Waals surface area contributed by atoms with Crippen LogP contribution in [0.4, 0.5) is 0 Å². The molecule has 0 radical (unpaired) electrons. The number of aryl methyl sites for hydroxylation is 2. The number of rotatable bonds is 3. The second-order valence-corrected chi connectivity index (χ2v) is 5.73. The summed E-state index contributed by atoms with van der Waals surface area (Å²) < 4.78 is 0. The highest BCUT2D eigenvalue weighted by Crippen LogP contribution is 2.26. The molecule has 0 aliphatic heterocycles. The maximum atomic E-state index is 5.97. The maximum Gasteiger partial charge on any atom is 0.188 e. The topological polar surface area (TPSA) is 25.8 Å². The Morgan fingerprint density at radius 1 is 1.00 bits per heavy atom. The van der Waals surface area contributed by atoms with Crippen LogP contribution in [0.3, 0.4) is 0 Å². The number of benzene rings is 1. The van der Waals surface area contributed by atoms with Crippen molar-refractivity contribution in [2.24, 2.45) is 0 Å². The Morgan fingerprint density at radius 3 is 2.28 bits per heavy atom. The molecule has 94 valence electrons. The molecule has 0 saturated heterocycles. The van der Waals surface area contributed by atoms with Gasteiger partial charge in [-0.3, -0.25) is 0 Å². The van der Waals surface area contributed by atoms with Crippen LogP contribution in [0.2, 0.25) is 10.0 Å². The van der Waals surface area contributed by atoms with E-state index in [4.69, 9.17) is 23.2 Å². The Morgan fingerprint density at radius 2 is 1.67 bits per heavy atom. The van der Waals surface area contributed by atoms with Crippen molar-refractivity contribution >= 4 is 35.0 Å². The summed E-state index contributed by atoms with van der Waals surface area (Å²) in [6.07, 6.45) is 0. The first-order valence-electron chi connectivity index (χ1n) is 5.43. The largest absolute Gasteiger partial charge is 0.228 e. The van der Waals surface area contributed by atoms with Crippen molar-refractivity contribution in [3.8, 4) is 0 Å². The summed E-state index contributed by atoms with van der Waals surface area (Å²) >= 11 is 13.4. The van der Waals surface area contributed by atoms with Crippen molar-refractivity contribution < 1.29 is 0 Å². The molecule has 18 heavy (non-hydrogen) atoms. The molecule has 1 aromatic carbocycles. The van der Waals surface area contributed by atoms with Crippen LogP contribution in [-0.2, 0) is 5.75 Å². The minimum Gasteiger partial charge on any atom is -0.228 e. The van der Waals surface area contributed by atoms with Gasteiger partial charge >= 0.3 is 0 Å². The molecule has 0 fully saturated rings. The van der Waals surface area contributed by atoms with Gasteiger partial charge in [-0.2, -0.15) is 0 Å². The quantitative estimate of drug-likeness (QED) is 0.607. The maximum absolute atomic E-state index is 5.97. The van der Waals surface area contributed by atoms with Crippen molar-refractivity contribution in [2.45, 2.75) is 24.8 Å². The van der Waals surface area contributed by atoms with E-state index in [9.17, 15) is 0 Å². The van der Waals surface area contributed by atoms with Crippen LogP contribution in [0, 0.1) is 13.8 Å². The molecule has 0 N–H and O–H groups in total. The molecular formula is C13H12Cl2N2S. The zero-order chi connectivity index (χ0) is 13.1. The molecule has 0 spiro atoms. The molecule has 2 nitrogen and oxygen atoms in total. The van der Waals surface area contributed by atoms with Crippen molar-refractivity contribution in [3.63, 3.8) is 0 Å². The summed E-state index contributed by atoms with van der Waals surface area (Å²) in [5.74, 6) is 0.778. The first-order chi connectivity index (χ1) is 8.54. The molecule has 0 unspecified atom stereocenters. The van der Waals surface area contributed by atoms with Crippen LogP contribution < -0.4 is 0 Å². The molecule has 5 heteroatoms. The predicted octanol–water partition coefficient (Wildman–Crippen LogP) is 4.69. The summed E-state index contributed by atoms with van der Waals surface area (Å²) in [6, 6.07) is 7.61. The predicted molar refractivity (Wildman–Crippen MR) is 77.5 cm³/mol. The van der Waals surface area contributed by atoms with E-state index < -0.39 is 0 Å². The van der Waals surface area contributed by atoms with Gasteiger partial charge in [0.05, 0.1) is 10.0 Å². The molecule has 1 aromatic heterocycles. The van der Waals surface area contributed by atoms with E-state index >= 15 is 0 Å². The fourth-order valence-electron chi connectivity index (χ4n) is 1.54. The average molecular weight is 299 g/mol. The van der Waals surface area contributed by atoms with Gasteiger partial charge in [-0.25, -0.2) is 9.97 Å². The second kappa shape index (κ2) is 5.91. The zero-order valence-corrected chi connectivity index (χ0v) is 12.4. The Hall–Kier alpha value is -0.770. The van der Waals surface area contributed by atoms with Gasteiger partial charge in [0.15, 0.2) is 5.16 Å². The lowest BCUT2D eigenvalue weighted by Crippen LogP contribution is -1.93. The third-order valence-corrected chi connectivity index (χ3v) is 3.97. The molecular weight excluding hydrogens is 287 g/mol. The highest BCUT2D eigenvalue weighted by molar-refractivity contribution is 7.98. The molecule has 0 amide bonds. The minimum absolute atomic E-state index is 0.577. The monoisotopic (exact) mass is 298 g/mol. The number of aromatic nitrogens is 2. The van der Waals surface area contributed by atoms with E-state index in [2.05, 4.69) is 9.97 Å². The normalized spacial score (nSPS) is 10.7. The van der Waals surface area contributed by atoms with E-state index in [1.807, 2.05) is 38.1 Å². The first kappa shape index (κ1) is 13.7. The third kappa shape index (κ3) is 3.61. The molecule has 0 atom stereocenters. The lowest BCUT2D eigenvalue weighted by Gasteiger charge is -2.04. The molecule has 2 rings (SSSR count). The van der Waals surface area contributed by atoms with Crippen LogP contribution in [-0.4, -0.2) is 9.97 Å². The molecule has 1 heterocycles. The van der Waals surface area contributed by atoms with E-state index in [0.717, 1.165) is 27.9 Å². The van der Waals surface area contributed by atoms with Gasteiger partial charge in [-0.1, -0.05) is 41.0 Å². The van der Waals surface area contributed by atoms with Crippen molar-refractivity contribution in [3.05, 3.63) is 51.3 Å². The van der Waals surface area contributed by atoms with E-state index in [-0.39, 0.29) is 0 Å². The Labute approximate surface area is 121 Å². The smallest absolute Gasteiger partial charge is 0.188 e. The lowest BCUT2D eigenvalue weighted by atomic mass is 10.2. The highest BCUT2D eigenvalue weighted by atomic mass is 35.5. The van der Waals surface area contributed by atoms with E-state index in [1.165, 1.54) is 0 Å². The van der Waals surface area contributed by atoms with Gasteiger partial charge in [0.2, 0.25) is 0 Å². The zero-order valence-electron chi connectivity index (χ0n) is 10.1. The van der Waals surface area contributed by atoms with Gasteiger partial charge in [-0.15, -0.1) is 0 Å². The Balaban J connectivity index is 2.08. The van der Waals surface area contributed by atoms with Gasteiger partial charge in [0, 0.05) is 17.1 Å². The number of halogens is 2. The van der Waals surface area contributed by atoms with Gasteiger partial charge in [-0.05, 0) is 37.6 Å². The van der Waals surface area contributed by atoms with Crippen molar-refractivity contribution in [1.29, 1.82) is 0 Å². The number of hydrogen-bond acceptors (Lipinski definition) is 3. The molecule has 0 aliphatic carbocycles. The molecule has 0 aliphatic rings. The molecule has 2 aromatic rings. The van der Waals surface area contributed by atoms with Crippen LogP contribution >= 0.6 is 35.0 Å². The summed E-state index contributed by atoms with van der Waals surface area (Å²) in [5, 5.41) is 1.95. The second-order valence-electron chi connectivity index (χ2n) is 3.97. The summed E-state index contributed by atoms with van der Waals surface area (Å²) in [4.78, 5) is 8.76. The standard InChI is InChI=1S/C13H12Cl2N2S/c1-8-5-9(2)17-13(16-8)18-7-10-3-4-11(14)12(15)6-10/h3-6H,7H2,1-2H3. The third-order valence-electron chi connectivity index (χ3n) is 2.31. The Bertz CT molecular complexity index is 553. The lowest BCUT2D eigenvalue weighted by molar-refractivity contribution is 0.902. The summed E-state index contributed by atoms with van der Waals surface area (Å²) in [7, 11) is 0. The number of nitrogens with zero attached hydrogens (tertiary/aromatic N) is 2. The van der Waals surface area contributed by atoms with E-state index in [1.54, 1.807) is 11.8 Å². The fraction of sp³-hybridized carbons (Fsp3) is 0.231. The van der Waals surface area contributed by atoms with Crippen LogP contribution in [0.1, 0.15) is 17.0 Å². The average Bonchev–Trinajstić information content (AvgIpc) is 2.29. The molecule has 0 bridgehead atoms. The van der Waals surface area contributed by atoms with Crippen LogP contribution in [0.15, 0.2) is 29.4 Å².